The molecular weight excluding hydrogens is 376 g/mol. The van der Waals surface area contributed by atoms with Gasteiger partial charge in [0, 0.05) is 11.1 Å². The molecule has 7 heteroatoms. The third-order valence-electron chi connectivity index (χ3n) is 4.01. The van der Waals surface area contributed by atoms with Gasteiger partial charge in [0.15, 0.2) is 0 Å². The Morgan fingerprint density at radius 2 is 2.04 bits per heavy atom. The molecule has 0 N–H and O–H groups in total. The second-order valence-electron chi connectivity index (χ2n) is 5.75. The van der Waals surface area contributed by atoms with Crippen LogP contribution >= 0.6 is 11.3 Å². The van der Waals surface area contributed by atoms with Crippen LogP contribution in [0.25, 0.3) is 21.7 Å². The summed E-state index contributed by atoms with van der Waals surface area (Å²) in [5, 5.41) is 22.6. The summed E-state index contributed by atoms with van der Waals surface area (Å²) in [6, 6.07) is 15.3. The van der Waals surface area contributed by atoms with Crippen LogP contribution in [0, 0.1) is 11.3 Å². The van der Waals surface area contributed by atoms with Gasteiger partial charge in [-0.1, -0.05) is 6.07 Å². The fraction of sp³-hybridized carbons (Fsp3) is 0. The van der Waals surface area contributed by atoms with E-state index in [1.807, 2.05) is 23.6 Å². The van der Waals surface area contributed by atoms with E-state index in [-0.39, 0.29) is 17.0 Å². The zero-order valence-electron chi connectivity index (χ0n) is 14.3. The van der Waals surface area contributed by atoms with Crippen LogP contribution in [0.2, 0.25) is 0 Å². The molecule has 0 aliphatic carbocycles. The van der Waals surface area contributed by atoms with Crippen molar-refractivity contribution in [2.45, 2.75) is 0 Å². The molecule has 0 radical (unpaired) electrons. The summed E-state index contributed by atoms with van der Waals surface area (Å²) in [5.41, 5.74) is 2.31. The van der Waals surface area contributed by atoms with Gasteiger partial charge in [0.2, 0.25) is 5.88 Å². The van der Waals surface area contributed by atoms with Crippen molar-refractivity contribution in [2.75, 3.05) is 0 Å². The number of hydrogen-bond donors (Lipinski definition) is 0. The minimum atomic E-state index is -1.27. The summed E-state index contributed by atoms with van der Waals surface area (Å²) in [4.78, 5) is 16.3. The maximum atomic E-state index is 10.9. The molecule has 4 rings (SSSR count). The second-order valence-corrected chi connectivity index (χ2v) is 6.70. The number of hydrogen-bond acceptors (Lipinski definition) is 7. The molecular formula is C21H11N2O4S-. The Labute approximate surface area is 163 Å². The van der Waals surface area contributed by atoms with Crippen molar-refractivity contribution in [3.63, 3.8) is 0 Å². The molecule has 3 heterocycles. The van der Waals surface area contributed by atoms with Gasteiger partial charge in [-0.3, -0.25) is 0 Å². The average Bonchev–Trinajstić information content (AvgIpc) is 3.42. The summed E-state index contributed by atoms with van der Waals surface area (Å²) in [6.45, 7) is 0. The number of furan rings is 1. The Balaban J connectivity index is 1.83. The molecule has 136 valence electrons. The predicted octanol–water partition coefficient (Wildman–Crippen LogP) is 4.10. The summed E-state index contributed by atoms with van der Waals surface area (Å²) >= 11 is 1.52. The maximum absolute atomic E-state index is 10.9. The highest BCUT2D eigenvalue weighted by Gasteiger charge is 2.18. The van der Waals surface area contributed by atoms with Gasteiger partial charge in [-0.05, 0) is 53.4 Å². The summed E-state index contributed by atoms with van der Waals surface area (Å²) in [7, 11) is 0. The average molecular weight is 387 g/mol. The minimum Gasteiger partial charge on any atom is -0.545 e. The number of nitrogens with zero attached hydrogens (tertiary/aromatic N) is 2. The number of carbonyl (C=O) groups is 1. The lowest BCUT2D eigenvalue weighted by Gasteiger charge is -2.12. The molecule has 0 aliphatic rings. The van der Waals surface area contributed by atoms with E-state index in [2.05, 4.69) is 11.1 Å². The number of aromatic nitrogens is 1. The molecule has 0 spiro atoms. The highest BCUT2D eigenvalue weighted by atomic mass is 32.1. The van der Waals surface area contributed by atoms with Gasteiger partial charge in [-0.2, -0.15) is 5.26 Å². The monoisotopic (exact) mass is 387 g/mol. The molecule has 0 saturated heterocycles. The van der Waals surface area contributed by atoms with Crippen molar-refractivity contribution in [3.8, 4) is 39.4 Å². The SMILES string of the molecule is N#Cc1c(-c2ccoc2)cc(-c2cccs2)nc1Oc1ccc(C(=O)[O-])cc1. The van der Waals surface area contributed by atoms with Gasteiger partial charge in [0.25, 0.3) is 0 Å². The Hall–Kier alpha value is -3.89. The molecule has 6 nitrogen and oxygen atoms in total. The number of pyridine rings is 1. The van der Waals surface area contributed by atoms with E-state index in [4.69, 9.17) is 9.15 Å². The number of carboxylic acids is 1. The lowest BCUT2D eigenvalue weighted by molar-refractivity contribution is -0.255. The Kier molecular flexibility index (Phi) is 4.62. The third kappa shape index (κ3) is 3.37. The largest absolute Gasteiger partial charge is 0.545 e. The van der Waals surface area contributed by atoms with Crippen molar-refractivity contribution >= 4 is 17.3 Å². The summed E-state index contributed by atoms with van der Waals surface area (Å²) < 4.78 is 11.0. The van der Waals surface area contributed by atoms with Gasteiger partial charge in [-0.25, -0.2) is 4.98 Å². The van der Waals surface area contributed by atoms with Crippen LogP contribution in [0.1, 0.15) is 15.9 Å². The first-order chi connectivity index (χ1) is 13.7. The standard InChI is InChI=1S/C21H12N2O4S/c22-11-17-16(14-7-8-26-12-14)10-18(19-2-1-9-28-19)23-20(17)27-15-5-3-13(4-6-15)21(24)25/h1-10,12H,(H,24,25)/p-1. The topological polar surface area (TPSA) is 99.2 Å². The normalized spacial score (nSPS) is 10.4. The number of aromatic carboxylic acids is 1. The summed E-state index contributed by atoms with van der Waals surface area (Å²) in [6.07, 6.45) is 3.08. The second kappa shape index (κ2) is 7.39. The first-order valence-electron chi connectivity index (χ1n) is 8.16. The molecule has 3 aromatic heterocycles. The number of rotatable bonds is 5. The van der Waals surface area contributed by atoms with E-state index in [1.165, 1.54) is 41.9 Å². The lowest BCUT2D eigenvalue weighted by Crippen LogP contribution is -2.21. The lowest BCUT2D eigenvalue weighted by atomic mass is 10.0. The van der Waals surface area contributed by atoms with Crippen LogP contribution in [0.5, 0.6) is 11.6 Å². The molecule has 28 heavy (non-hydrogen) atoms. The fourth-order valence-corrected chi connectivity index (χ4v) is 3.36. The number of nitriles is 1. The van der Waals surface area contributed by atoms with E-state index in [1.54, 1.807) is 12.3 Å². The van der Waals surface area contributed by atoms with Crippen molar-refractivity contribution in [3.05, 3.63) is 77.6 Å². The van der Waals surface area contributed by atoms with Crippen LogP contribution in [0.4, 0.5) is 0 Å². The van der Waals surface area contributed by atoms with E-state index in [0.29, 0.717) is 17.0 Å². The molecule has 0 aliphatic heterocycles. The first-order valence-corrected chi connectivity index (χ1v) is 9.04. The van der Waals surface area contributed by atoms with Gasteiger partial charge in [0.05, 0.1) is 29.1 Å². The maximum Gasteiger partial charge on any atom is 0.238 e. The van der Waals surface area contributed by atoms with Crippen LogP contribution < -0.4 is 9.84 Å². The number of carbonyl (C=O) groups excluding carboxylic acids is 1. The number of carboxylic acid groups (broad SMARTS) is 1. The van der Waals surface area contributed by atoms with Crippen molar-refractivity contribution in [1.29, 1.82) is 5.26 Å². The van der Waals surface area contributed by atoms with Gasteiger partial charge >= 0.3 is 0 Å². The molecule has 0 unspecified atom stereocenters. The number of thiophene rings is 1. The molecule has 0 fully saturated rings. The predicted molar refractivity (Wildman–Crippen MR) is 101 cm³/mol. The molecule has 1 aromatic carbocycles. The van der Waals surface area contributed by atoms with Gasteiger partial charge in [0.1, 0.15) is 17.4 Å². The van der Waals surface area contributed by atoms with Crippen LogP contribution in [0.15, 0.2) is 70.9 Å². The van der Waals surface area contributed by atoms with E-state index in [0.717, 1.165) is 10.4 Å². The zero-order valence-corrected chi connectivity index (χ0v) is 15.1. The smallest absolute Gasteiger partial charge is 0.238 e. The quantitative estimate of drug-likeness (QED) is 0.511. The number of ether oxygens (including phenoxy) is 1. The van der Waals surface area contributed by atoms with Crippen molar-refractivity contribution in [2.24, 2.45) is 0 Å². The fourth-order valence-electron chi connectivity index (χ4n) is 2.67. The Morgan fingerprint density at radius 1 is 1.21 bits per heavy atom. The van der Waals surface area contributed by atoms with E-state index in [9.17, 15) is 15.2 Å². The van der Waals surface area contributed by atoms with Crippen molar-refractivity contribution in [1.82, 2.24) is 4.98 Å². The minimum absolute atomic E-state index is 0.0345. The number of benzene rings is 1. The first kappa shape index (κ1) is 17.5. The van der Waals surface area contributed by atoms with Gasteiger partial charge < -0.3 is 19.1 Å². The molecule has 0 bridgehead atoms. The van der Waals surface area contributed by atoms with Crippen LogP contribution in [-0.4, -0.2) is 11.0 Å². The molecule has 0 amide bonds. The zero-order chi connectivity index (χ0) is 19.5. The molecule has 0 atom stereocenters. The highest BCUT2D eigenvalue weighted by molar-refractivity contribution is 7.13. The Morgan fingerprint density at radius 3 is 2.64 bits per heavy atom. The van der Waals surface area contributed by atoms with Crippen molar-refractivity contribution < 1.29 is 19.1 Å². The Bertz CT molecular complexity index is 1160. The highest BCUT2D eigenvalue weighted by Crippen LogP contribution is 2.36. The van der Waals surface area contributed by atoms with E-state index < -0.39 is 5.97 Å². The molecule has 4 aromatic rings. The summed E-state index contributed by atoms with van der Waals surface area (Å²) in [5.74, 6) is -0.786. The molecule has 0 saturated carbocycles. The van der Waals surface area contributed by atoms with E-state index >= 15 is 0 Å². The van der Waals surface area contributed by atoms with Crippen LogP contribution in [0.3, 0.4) is 0 Å². The third-order valence-corrected chi connectivity index (χ3v) is 4.90. The van der Waals surface area contributed by atoms with Gasteiger partial charge in [-0.15, -0.1) is 11.3 Å². The van der Waals surface area contributed by atoms with Crippen LogP contribution in [-0.2, 0) is 0 Å².